The van der Waals surface area contributed by atoms with Crippen LogP contribution in [-0.4, -0.2) is 13.1 Å². The highest BCUT2D eigenvalue weighted by molar-refractivity contribution is 5.78. The van der Waals surface area contributed by atoms with Gasteiger partial charge in [0.2, 0.25) is 0 Å². The topological polar surface area (TPSA) is 26.3 Å². The zero-order chi connectivity index (χ0) is 11.1. The molecule has 84 valence electrons. The first kappa shape index (κ1) is 10.7. The summed E-state index contributed by atoms with van der Waals surface area (Å²) in [6, 6.07) is 0. The second-order valence-corrected chi connectivity index (χ2v) is 5.59. The van der Waals surface area contributed by atoms with Gasteiger partial charge < -0.3 is 4.74 Å². The molecule has 2 aliphatic carbocycles. The average Bonchev–Trinajstić information content (AvgIpc) is 2.24. The molecule has 0 amide bonds. The molecule has 2 bridgehead atoms. The highest BCUT2D eigenvalue weighted by Crippen LogP contribution is 2.57. The minimum Gasteiger partial charge on any atom is -0.469 e. The van der Waals surface area contributed by atoms with Crippen LogP contribution >= 0.6 is 0 Å². The van der Waals surface area contributed by atoms with Gasteiger partial charge in [0.05, 0.1) is 12.5 Å². The standard InChI is InChI=1S/C13H20O2/c1-12(2)8-6-10-5-4-7-13(12,9-10)11(14)15-3/h4-5,10H,6-9H2,1-3H3. The number of rotatable bonds is 1. The second-order valence-electron chi connectivity index (χ2n) is 5.59. The number of methoxy groups -OCH3 is 1. The van der Waals surface area contributed by atoms with E-state index in [4.69, 9.17) is 4.74 Å². The van der Waals surface area contributed by atoms with E-state index < -0.39 is 0 Å². The molecule has 2 aliphatic rings. The normalized spacial score (nSPS) is 37.4. The molecule has 2 nitrogen and oxygen atoms in total. The first-order valence-corrected chi connectivity index (χ1v) is 5.77. The summed E-state index contributed by atoms with van der Waals surface area (Å²) >= 11 is 0. The fourth-order valence-electron chi connectivity index (χ4n) is 3.24. The Morgan fingerprint density at radius 1 is 1.47 bits per heavy atom. The number of carbonyl (C=O) groups excluding carboxylic acids is 1. The SMILES string of the molecule is COC(=O)C12CC=CC(CCC1(C)C)C2. The number of fused-ring (bicyclic) bond motifs is 2. The summed E-state index contributed by atoms with van der Waals surface area (Å²) in [7, 11) is 1.51. The highest BCUT2D eigenvalue weighted by Gasteiger charge is 2.55. The molecule has 0 aromatic rings. The average molecular weight is 208 g/mol. The smallest absolute Gasteiger partial charge is 0.312 e. The first-order chi connectivity index (χ1) is 7.02. The van der Waals surface area contributed by atoms with E-state index in [-0.39, 0.29) is 16.8 Å². The van der Waals surface area contributed by atoms with E-state index in [2.05, 4.69) is 26.0 Å². The molecule has 1 saturated carbocycles. The van der Waals surface area contributed by atoms with Crippen molar-refractivity contribution in [2.45, 2.75) is 39.5 Å². The molecule has 15 heavy (non-hydrogen) atoms. The van der Waals surface area contributed by atoms with Crippen LogP contribution in [0.2, 0.25) is 0 Å². The maximum absolute atomic E-state index is 12.1. The van der Waals surface area contributed by atoms with E-state index in [0.717, 1.165) is 19.3 Å². The Hall–Kier alpha value is -0.790. The van der Waals surface area contributed by atoms with Gasteiger partial charge in [-0.15, -0.1) is 0 Å². The van der Waals surface area contributed by atoms with Gasteiger partial charge >= 0.3 is 5.97 Å². The third-order valence-electron chi connectivity index (χ3n) is 4.50. The molecule has 1 fully saturated rings. The van der Waals surface area contributed by atoms with E-state index in [9.17, 15) is 4.79 Å². The van der Waals surface area contributed by atoms with Gasteiger partial charge in [-0.2, -0.15) is 0 Å². The minimum atomic E-state index is -0.264. The van der Waals surface area contributed by atoms with Crippen LogP contribution in [0.15, 0.2) is 12.2 Å². The van der Waals surface area contributed by atoms with Crippen molar-refractivity contribution in [2.75, 3.05) is 7.11 Å². The summed E-state index contributed by atoms with van der Waals surface area (Å²) in [5.74, 6) is 0.576. The molecular formula is C13H20O2. The minimum absolute atomic E-state index is 0.0125. The summed E-state index contributed by atoms with van der Waals surface area (Å²) in [6.07, 6.45) is 8.61. The fourth-order valence-corrected chi connectivity index (χ4v) is 3.24. The number of carbonyl (C=O) groups is 1. The number of hydrogen-bond acceptors (Lipinski definition) is 2. The second kappa shape index (κ2) is 3.36. The Labute approximate surface area is 91.7 Å². The molecule has 2 rings (SSSR count). The molecule has 2 heteroatoms. The number of allylic oxidation sites excluding steroid dienone is 2. The maximum atomic E-state index is 12.1. The van der Waals surface area contributed by atoms with Gasteiger partial charge in [0.1, 0.15) is 0 Å². The van der Waals surface area contributed by atoms with Crippen LogP contribution in [0.4, 0.5) is 0 Å². The van der Waals surface area contributed by atoms with Crippen molar-refractivity contribution in [1.82, 2.24) is 0 Å². The molecule has 0 aliphatic heterocycles. The highest BCUT2D eigenvalue weighted by atomic mass is 16.5. The van der Waals surface area contributed by atoms with Crippen molar-refractivity contribution in [2.24, 2.45) is 16.7 Å². The van der Waals surface area contributed by atoms with Gasteiger partial charge in [0.15, 0.2) is 0 Å². The Kier molecular flexibility index (Phi) is 2.40. The largest absolute Gasteiger partial charge is 0.469 e. The Morgan fingerprint density at radius 3 is 2.87 bits per heavy atom. The van der Waals surface area contributed by atoms with Crippen LogP contribution in [0.1, 0.15) is 39.5 Å². The van der Waals surface area contributed by atoms with Crippen molar-refractivity contribution in [3.8, 4) is 0 Å². The predicted molar refractivity (Wildman–Crippen MR) is 59.3 cm³/mol. The van der Waals surface area contributed by atoms with Gasteiger partial charge in [-0.3, -0.25) is 4.79 Å². The molecule has 0 spiro atoms. The van der Waals surface area contributed by atoms with Crippen molar-refractivity contribution in [3.63, 3.8) is 0 Å². The summed E-state index contributed by atoms with van der Waals surface area (Å²) in [5, 5.41) is 0. The summed E-state index contributed by atoms with van der Waals surface area (Å²) < 4.78 is 5.03. The quantitative estimate of drug-likeness (QED) is 0.489. The molecule has 0 heterocycles. The van der Waals surface area contributed by atoms with E-state index in [1.54, 1.807) is 0 Å². The third kappa shape index (κ3) is 1.42. The van der Waals surface area contributed by atoms with Crippen molar-refractivity contribution in [1.29, 1.82) is 0 Å². The van der Waals surface area contributed by atoms with E-state index in [1.807, 2.05) is 0 Å². The van der Waals surface area contributed by atoms with Gasteiger partial charge in [-0.05, 0) is 37.0 Å². The number of esters is 1. The molecule has 2 atom stereocenters. The van der Waals surface area contributed by atoms with Crippen LogP contribution in [-0.2, 0) is 9.53 Å². The monoisotopic (exact) mass is 208 g/mol. The maximum Gasteiger partial charge on any atom is 0.312 e. The van der Waals surface area contributed by atoms with Gasteiger partial charge in [0, 0.05) is 0 Å². The zero-order valence-electron chi connectivity index (χ0n) is 9.88. The molecule has 0 aromatic heterocycles. The molecule has 0 saturated heterocycles. The Morgan fingerprint density at radius 2 is 2.20 bits per heavy atom. The van der Waals surface area contributed by atoms with Crippen molar-refractivity contribution in [3.05, 3.63) is 12.2 Å². The number of hydrogen-bond donors (Lipinski definition) is 0. The number of ether oxygens (including phenoxy) is 1. The summed E-state index contributed by atoms with van der Waals surface area (Å²) in [6.45, 7) is 4.42. The van der Waals surface area contributed by atoms with Crippen molar-refractivity contribution >= 4 is 5.97 Å². The molecule has 0 N–H and O–H groups in total. The van der Waals surface area contributed by atoms with Gasteiger partial charge in [0.25, 0.3) is 0 Å². The summed E-state index contributed by atoms with van der Waals surface area (Å²) in [4.78, 5) is 12.1. The Bertz CT molecular complexity index is 304. The van der Waals surface area contributed by atoms with Gasteiger partial charge in [-0.25, -0.2) is 0 Å². The lowest BCUT2D eigenvalue weighted by atomic mass is 9.52. The molecule has 2 unspecified atom stereocenters. The molecule has 0 aromatic carbocycles. The van der Waals surface area contributed by atoms with Crippen LogP contribution in [0.25, 0.3) is 0 Å². The summed E-state index contributed by atoms with van der Waals surface area (Å²) in [5.41, 5.74) is -0.194. The van der Waals surface area contributed by atoms with Gasteiger partial charge in [-0.1, -0.05) is 26.0 Å². The lowest BCUT2D eigenvalue weighted by Gasteiger charge is -2.51. The lowest BCUT2D eigenvalue weighted by molar-refractivity contribution is -0.166. The van der Waals surface area contributed by atoms with E-state index in [1.165, 1.54) is 13.5 Å². The van der Waals surface area contributed by atoms with Crippen LogP contribution in [0.5, 0.6) is 0 Å². The van der Waals surface area contributed by atoms with Crippen LogP contribution in [0, 0.1) is 16.7 Å². The molecule has 0 radical (unpaired) electrons. The fraction of sp³-hybridized carbons (Fsp3) is 0.769. The van der Waals surface area contributed by atoms with Crippen LogP contribution in [0.3, 0.4) is 0 Å². The van der Waals surface area contributed by atoms with E-state index in [0.29, 0.717) is 5.92 Å². The molecular weight excluding hydrogens is 188 g/mol. The first-order valence-electron chi connectivity index (χ1n) is 5.77. The van der Waals surface area contributed by atoms with Crippen molar-refractivity contribution < 1.29 is 9.53 Å². The zero-order valence-corrected chi connectivity index (χ0v) is 9.88. The Balaban J connectivity index is 2.40. The van der Waals surface area contributed by atoms with E-state index >= 15 is 0 Å². The lowest BCUT2D eigenvalue weighted by Crippen LogP contribution is -2.50. The third-order valence-corrected chi connectivity index (χ3v) is 4.50. The van der Waals surface area contributed by atoms with Crippen LogP contribution < -0.4 is 0 Å². The predicted octanol–water partition coefficient (Wildman–Crippen LogP) is 2.93.